The van der Waals surface area contributed by atoms with Crippen molar-refractivity contribution in [2.24, 2.45) is 0 Å². The lowest BCUT2D eigenvalue weighted by molar-refractivity contribution is -0.127. The van der Waals surface area contributed by atoms with Crippen LogP contribution in [0.5, 0.6) is 5.75 Å². The summed E-state index contributed by atoms with van der Waals surface area (Å²) >= 11 is 0. The standard InChI is InChI=1S/C28H24N4O3/c1-2-25(33)32-13-4-5-20(32)17-35-24-16-29-12-9-21(24)27-26(28-22(31-27)6-3-11-30-28)19-8-7-18-10-14-34-23(18)15-19/h2-3,6-12,14-16,20,31H,1,4-5,13,17H2/t20-/m0/s1. The quantitative estimate of drug-likeness (QED) is 0.331. The van der Waals surface area contributed by atoms with Crippen molar-refractivity contribution >= 4 is 27.9 Å². The summed E-state index contributed by atoms with van der Waals surface area (Å²) in [7, 11) is 0. The first-order chi connectivity index (χ1) is 17.2. The van der Waals surface area contributed by atoms with E-state index in [-0.39, 0.29) is 11.9 Å². The van der Waals surface area contributed by atoms with Crippen LogP contribution in [0.25, 0.3) is 44.4 Å². The molecule has 0 aliphatic carbocycles. The van der Waals surface area contributed by atoms with Gasteiger partial charge in [0.15, 0.2) is 0 Å². The second-order valence-electron chi connectivity index (χ2n) is 8.66. The van der Waals surface area contributed by atoms with Crippen molar-refractivity contribution in [3.05, 3.63) is 80.0 Å². The highest BCUT2D eigenvalue weighted by Gasteiger charge is 2.28. The molecular formula is C28H24N4O3. The summed E-state index contributed by atoms with van der Waals surface area (Å²) in [6.07, 6.45) is 10.2. The molecule has 35 heavy (non-hydrogen) atoms. The molecule has 1 fully saturated rings. The molecule has 0 unspecified atom stereocenters. The number of amides is 1. The molecular weight excluding hydrogens is 440 g/mol. The van der Waals surface area contributed by atoms with Crippen LogP contribution in [-0.2, 0) is 4.79 Å². The Morgan fingerprint density at radius 2 is 2.20 bits per heavy atom. The van der Waals surface area contributed by atoms with Crippen molar-refractivity contribution in [1.29, 1.82) is 0 Å². The largest absolute Gasteiger partial charge is 0.489 e. The van der Waals surface area contributed by atoms with E-state index in [1.165, 1.54) is 6.08 Å². The van der Waals surface area contributed by atoms with Crippen molar-refractivity contribution in [2.75, 3.05) is 13.2 Å². The number of benzene rings is 1. The van der Waals surface area contributed by atoms with E-state index in [1.54, 1.807) is 24.9 Å². The molecule has 7 nitrogen and oxygen atoms in total. The lowest BCUT2D eigenvalue weighted by atomic mass is 9.99. The third-order valence-electron chi connectivity index (χ3n) is 6.62. The SMILES string of the molecule is C=CC(=O)N1CCC[C@H]1COc1cnccc1-c1[nH]c2cccnc2c1-c1ccc2ccoc2c1. The van der Waals surface area contributed by atoms with Gasteiger partial charge in [-0.25, -0.2) is 0 Å². The van der Waals surface area contributed by atoms with E-state index >= 15 is 0 Å². The van der Waals surface area contributed by atoms with Crippen LogP contribution in [0.3, 0.4) is 0 Å². The van der Waals surface area contributed by atoms with Crippen molar-refractivity contribution < 1.29 is 13.9 Å². The molecule has 1 N–H and O–H groups in total. The zero-order chi connectivity index (χ0) is 23.8. The highest BCUT2D eigenvalue weighted by molar-refractivity contribution is 6.03. The maximum absolute atomic E-state index is 12.2. The van der Waals surface area contributed by atoms with Gasteiger partial charge >= 0.3 is 0 Å². The number of ether oxygens (including phenoxy) is 1. The highest BCUT2D eigenvalue weighted by atomic mass is 16.5. The van der Waals surface area contributed by atoms with E-state index < -0.39 is 0 Å². The van der Waals surface area contributed by atoms with Gasteiger partial charge in [0.25, 0.3) is 0 Å². The topological polar surface area (TPSA) is 84.3 Å². The van der Waals surface area contributed by atoms with Gasteiger partial charge in [0.1, 0.15) is 17.9 Å². The van der Waals surface area contributed by atoms with Gasteiger partial charge < -0.3 is 19.0 Å². The molecule has 7 heteroatoms. The van der Waals surface area contributed by atoms with Crippen LogP contribution in [0.15, 0.2) is 84.4 Å². The minimum absolute atomic E-state index is 0.0127. The van der Waals surface area contributed by atoms with Crippen LogP contribution >= 0.6 is 0 Å². The smallest absolute Gasteiger partial charge is 0.246 e. The third-order valence-corrected chi connectivity index (χ3v) is 6.62. The first kappa shape index (κ1) is 21.2. The Morgan fingerprint density at radius 1 is 1.26 bits per heavy atom. The number of rotatable bonds is 6. The number of aromatic nitrogens is 3. The fourth-order valence-electron chi connectivity index (χ4n) is 4.92. The molecule has 6 rings (SSSR count). The summed E-state index contributed by atoms with van der Waals surface area (Å²) < 4.78 is 12.0. The molecule has 1 aliphatic rings. The fourth-order valence-corrected chi connectivity index (χ4v) is 4.92. The Kier molecular flexibility index (Phi) is 5.29. The molecule has 1 atom stereocenters. The number of hydrogen-bond donors (Lipinski definition) is 1. The normalized spacial score (nSPS) is 15.7. The van der Waals surface area contributed by atoms with Crippen LogP contribution < -0.4 is 4.74 Å². The van der Waals surface area contributed by atoms with Gasteiger partial charge in [-0.3, -0.25) is 14.8 Å². The van der Waals surface area contributed by atoms with Gasteiger partial charge in [-0.1, -0.05) is 18.7 Å². The monoisotopic (exact) mass is 464 g/mol. The number of nitrogens with one attached hydrogen (secondary N) is 1. The minimum Gasteiger partial charge on any atom is -0.489 e. The highest BCUT2D eigenvalue weighted by Crippen LogP contribution is 2.41. The van der Waals surface area contributed by atoms with Crippen molar-refractivity contribution in [1.82, 2.24) is 19.9 Å². The predicted molar refractivity (Wildman–Crippen MR) is 135 cm³/mol. The zero-order valence-electron chi connectivity index (χ0n) is 19.1. The van der Waals surface area contributed by atoms with Gasteiger partial charge in [0.05, 0.1) is 35.2 Å². The number of nitrogens with zero attached hydrogens (tertiary/aromatic N) is 3. The number of carbonyl (C=O) groups is 1. The molecule has 1 amide bonds. The number of carbonyl (C=O) groups excluding carboxylic acids is 1. The van der Waals surface area contributed by atoms with E-state index in [1.807, 2.05) is 35.2 Å². The van der Waals surface area contributed by atoms with Crippen LogP contribution in [0.4, 0.5) is 0 Å². The molecule has 5 heterocycles. The van der Waals surface area contributed by atoms with Gasteiger partial charge in [0, 0.05) is 35.5 Å². The summed E-state index contributed by atoms with van der Waals surface area (Å²) in [4.78, 5) is 26.6. The Morgan fingerprint density at radius 3 is 3.11 bits per heavy atom. The third kappa shape index (κ3) is 3.75. The molecule has 1 aromatic carbocycles. The molecule has 0 spiro atoms. The molecule has 0 radical (unpaired) electrons. The summed E-state index contributed by atoms with van der Waals surface area (Å²) in [5, 5.41) is 1.05. The number of pyridine rings is 2. The van der Waals surface area contributed by atoms with Crippen molar-refractivity contribution in [2.45, 2.75) is 18.9 Å². The zero-order valence-corrected chi connectivity index (χ0v) is 19.1. The summed E-state index contributed by atoms with van der Waals surface area (Å²) in [6, 6.07) is 14.0. The molecule has 0 saturated carbocycles. The summed E-state index contributed by atoms with van der Waals surface area (Å²) in [5.41, 5.74) is 6.36. The Hall–Kier alpha value is -4.39. The Labute approximate surface area is 202 Å². The average molecular weight is 465 g/mol. The van der Waals surface area contributed by atoms with Crippen molar-refractivity contribution in [3.8, 4) is 28.1 Å². The van der Waals surface area contributed by atoms with Crippen LogP contribution in [0.1, 0.15) is 12.8 Å². The van der Waals surface area contributed by atoms with Gasteiger partial charge in [0.2, 0.25) is 5.91 Å². The molecule has 4 aromatic heterocycles. The first-order valence-electron chi connectivity index (χ1n) is 11.7. The second-order valence-corrected chi connectivity index (χ2v) is 8.66. The molecule has 1 saturated heterocycles. The Balaban J connectivity index is 1.42. The second kappa shape index (κ2) is 8.76. The molecule has 5 aromatic rings. The van der Waals surface area contributed by atoms with E-state index in [9.17, 15) is 4.79 Å². The molecule has 1 aliphatic heterocycles. The van der Waals surface area contributed by atoms with Gasteiger partial charge in [-0.05, 0) is 54.8 Å². The maximum atomic E-state index is 12.2. The number of hydrogen-bond acceptors (Lipinski definition) is 5. The van der Waals surface area contributed by atoms with Crippen molar-refractivity contribution in [3.63, 3.8) is 0 Å². The number of likely N-dealkylation sites (tertiary alicyclic amines) is 1. The van der Waals surface area contributed by atoms with Crippen LogP contribution in [0, 0.1) is 0 Å². The number of H-pyrrole nitrogens is 1. The number of furan rings is 1. The van der Waals surface area contributed by atoms with E-state index in [2.05, 4.69) is 33.7 Å². The van der Waals surface area contributed by atoms with E-state index in [0.29, 0.717) is 12.4 Å². The summed E-state index contributed by atoms with van der Waals surface area (Å²) in [5.74, 6) is 0.595. The fraction of sp³-hybridized carbons (Fsp3) is 0.179. The van der Waals surface area contributed by atoms with Crippen LogP contribution in [0.2, 0.25) is 0 Å². The van der Waals surface area contributed by atoms with Gasteiger partial charge in [-0.2, -0.15) is 0 Å². The van der Waals surface area contributed by atoms with Crippen LogP contribution in [-0.4, -0.2) is 45.0 Å². The Bertz CT molecular complexity index is 1550. The number of aromatic amines is 1. The van der Waals surface area contributed by atoms with E-state index in [4.69, 9.17) is 9.15 Å². The lowest BCUT2D eigenvalue weighted by Gasteiger charge is -2.24. The lowest BCUT2D eigenvalue weighted by Crippen LogP contribution is -2.38. The first-order valence-corrected chi connectivity index (χ1v) is 11.7. The van der Waals surface area contributed by atoms with E-state index in [0.717, 1.165) is 63.8 Å². The number of fused-ring (bicyclic) bond motifs is 2. The average Bonchev–Trinajstić information content (AvgIpc) is 3.64. The maximum Gasteiger partial charge on any atom is 0.246 e. The molecule has 174 valence electrons. The predicted octanol–water partition coefficient (Wildman–Crippen LogP) is 5.59. The molecule has 0 bridgehead atoms. The van der Waals surface area contributed by atoms with Gasteiger partial charge in [-0.15, -0.1) is 0 Å². The minimum atomic E-state index is -0.0557. The summed E-state index contributed by atoms with van der Waals surface area (Å²) in [6.45, 7) is 4.75.